The van der Waals surface area contributed by atoms with Crippen molar-refractivity contribution in [2.45, 2.75) is 25.0 Å². The lowest BCUT2D eigenvalue weighted by Gasteiger charge is -2.46. The lowest BCUT2D eigenvalue weighted by atomic mass is 9.75. The first-order valence-electron chi connectivity index (χ1n) is 5.83. The molecule has 18 heavy (non-hydrogen) atoms. The number of benzene rings is 1. The van der Waals surface area contributed by atoms with Crippen LogP contribution in [0.4, 0.5) is 0 Å². The zero-order chi connectivity index (χ0) is 12.9. The summed E-state index contributed by atoms with van der Waals surface area (Å²) in [5.74, 6) is -2.27. The average Bonchev–Trinajstić information content (AvgIpc) is 2.26. The van der Waals surface area contributed by atoms with Gasteiger partial charge in [-0.3, -0.25) is 9.59 Å². The molecule has 1 fully saturated rings. The van der Waals surface area contributed by atoms with Gasteiger partial charge in [0.05, 0.1) is 0 Å². The van der Waals surface area contributed by atoms with Crippen molar-refractivity contribution in [1.82, 2.24) is 5.32 Å². The number of piperidine rings is 1. The molecule has 94 valence electrons. The molecule has 0 unspecified atom stereocenters. The van der Waals surface area contributed by atoms with E-state index in [2.05, 4.69) is 5.32 Å². The summed E-state index contributed by atoms with van der Waals surface area (Å²) in [6.45, 7) is 1.77. The van der Waals surface area contributed by atoms with E-state index in [1.165, 1.54) is 0 Å². The van der Waals surface area contributed by atoms with Crippen molar-refractivity contribution in [2.24, 2.45) is 5.92 Å². The third kappa shape index (κ3) is 1.47. The maximum absolute atomic E-state index is 11.9. The van der Waals surface area contributed by atoms with Crippen molar-refractivity contribution >= 4 is 11.9 Å². The van der Waals surface area contributed by atoms with E-state index in [1.54, 1.807) is 13.0 Å². The smallest absolute Gasteiger partial charge is 0.316 e. The predicted octanol–water partition coefficient (Wildman–Crippen LogP) is 1.10. The first-order valence-corrected chi connectivity index (χ1v) is 5.83. The van der Waals surface area contributed by atoms with Crippen molar-refractivity contribution in [3.05, 3.63) is 29.8 Å². The Morgan fingerprint density at radius 3 is 2.94 bits per heavy atom. The summed E-state index contributed by atoms with van der Waals surface area (Å²) < 4.78 is 5.76. The fourth-order valence-electron chi connectivity index (χ4n) is 2.87. The van der Waals surface area contributed by atoms with Crippen LogP contribution >= 0.6 is 0 Å². The van der Waals surface area contributed by atoms with E-state index in [1.807, 2.05) is 18.2 Å². The largest absolute Gasteiger partial charge is 0.481 e. The Balaban J connectivity index is 2.14. The Hall–Kier alpha value is -2.04. The maximum atomic E-state index is 11.9. The molecule has 5 heteroatoms. The summed E-state index contributed by atoms with van der Waals surface area (Å²) in [5, 5.41) is 11.9. The van der Waals surface area contributed by atoms with Crippen LogP contribution in [0.5, 0.6) is 5.75 Å². The van der Waals surface area contributed by atoms with Crippen molar-refractivity contribution < 1.29 is 19.4 Å². The van der Waals surface area contributed by atoms with Crippen molar-refractivity contribution in [3.63, 3.8) is 0 Å². The van der Waals surface area contributed by atoms with Gasteiger partial charge in [-0.05, 0) is 18.6 Å². The number of fused-ring (bicyclic) bond motifs is 4. The monoisotopic (exact) mass is 247 g/mol. The lowest BCUT2D eigenvalue weighted by molar-refractivity contribution is -0.156. The summed E-state index contributed by atoms with van der Waals surface area (Å²) in [5.41, 5.74) is -0.000532. The molecule has 0 aromatic heterocycles. The third-order valence-electron chi connectivity index (χ3n) is 3.60. The number of carbonyl (C=O) groups excluding carboxylic acids is 1. The van der Waals surface area contributed by atoms with Crippen LogP contribution in [0, 0.1) is 5.92 Å². The average molecular weight is 247 g/mol. The third-order valence-corrected chi connectivity index (χ3v) is 3.60. The number of rotatable bonds is 1. The highest BCUT2D eigenvalue weighted by molar-refractivity contribution is 5.99. The SMILES string of the molecule is C[C@]12C[C@H](c3ccccc3O1)[C@H](C(=O)O)C(=O)N2. The summed E-state index contributed by atoms with van der Waals surface area (Å²) in [7, 11) is 0. The van der Waals surface area contributed by atoms with Crippen LogP contribution in [-0.4, -0.2) is 22.7 Å². The van der Waals surface area contributed by atoms with Crippen LogP contribution in [0.25, 0.3) is 0 Å². The van der Waals surface area contributed by atoms with Gasteiger partial charge in [-0.2, -0.15) is 0 Å². The topological polar surface area (TPSA) is 75.6 Å². The molecule has 2 aliphatic heterocycles. The molecule has 0 spiro atoms. The van der Waals surface area contributed by atoms with E-state index in [4.69, 9.17) is 4.74 Å². The molecule has 2 N–H and O–H groups in total. The first-order chi connectivity index (χ1) is 8.50. The van der Waals surface area contributed by atoms with E-state index in [0.717, 1.165) is 5.56 Å². The van der Waals surface area contributed by atoms with Gasteiger partial charge >= 0.3 is 5.97 Å². The summed E-state index contributed by atoms with van der Waals surface area (Å²) in [6, 6.07) is 7.29. The molecule has 1 aromatic rings. The number of aliphatic carboxylic acids is 1. The van der Waals surface area contributed by atoms with Gasteiger partial charge in [0.15, 0.2) is 5.72 Å². The molecule has 2 aliphatic rings. The number of hydrogen-bond donors (Lipinski definition) is 2. The number of carboxylic acid groups (broad SMARTS) is 1. The quantitative estimate of drug-likeness (QED) is 0.729. The first kappa shape index (κ1) is 11.1. The van der Waals surface area contributed by atoms with Crippen molar-refractivity contribution in [3.8, 4) is 5.75 Å². The van der Waals surface area contributed by atoms with E-state index in [0.29, 0.717) is 12.2 Å². The van der Waals surface area contributed by atoms with Crippen LogP contribution in [0.15, 0.2) is 24.3 Å². The molecule has 2 bridgehead atoms. The van der Waals surface area contributed by atoms with Gasteiger partial charge in [-0.1, -0.05) is 18.2 Å². The minimum absolute atomic E-state index is 0.328. The molecule has 1 saturated heterocycles. The molecule has 0 saturated carbocycles. The fourth-order valence-corrected chi connectivity index (χ4v) is 2.87. The van der Waals surface area contributed by atoms with Crippen LogP contribution < -0.4 is 10.1 Å². The van der Waals surface area contributed by atoms with Crippen LogP contribution in [0.3, 0.4) is 0 Å². The second kappa shape index (κ2) is 3.48. The molecule has 0 radical (unpaired) electrons. The van der Waals surface area contributed by atoms with Crippen LogP contribution in [-0.2, 0) is 9.59 Å². The summed E-state index contributed by atoms with van der Waals surface area (Å²) in [4.78, 5) is 23.2. The Kier molecular flexibility index (Phi) is 2.14. The van der Waals surface area contributed by atoms with Crippen molar-refractivity contribution in [2.75, 3.05) is 0 Å². The number of para-hydroxylation sites is 1. The molecular weight excluding hydrogens is 234 g/mol. The normalized spacial score (nSPS) is 33.1. The molecule has 0 aliphatic carbocycles. The lowest BCUT2D eigenvalue weighted by Crippen LogP contribution is -2.61. The maximum Gasteiger partial charge on any atom is 0.316 e. The summed E-state index contributed by atoms with van der Waals surface area (Å²) in [6.07, 6.45) is 0.479. The Labute approximate surface area is 104 Å². The molecule has 3 atom stereocenters. The van der Waals surface area contributed by atoms with Gasteiger partial charge in [0.2, 0.25) is 5.91 Å². The Morgan fingerprint density at radius 2 is 2.22 bits per heavy atom. The Bertz CT molecular complexity index is 542. The van der Waals surface area contributed by atoms with Gasteiger partial charge in [0, 0.05) is 12.3 Å². The number of amides is 1. The number of hydrogen-bond acceptors (Lipinski definition) is 3. The van der Waals surface area contributed by atoms with Crippen LogP contribution in [0.1, 0.15) is 24.8 Å². The fraction of sp³-hybridized carbons (Fsp3) is 0.385. The predicted molar refractivity (Wildman–Crippen MR) is 62.1 cm³/mol. The highest BCUT2D eigenvalue weighted by atomic mass is 16.5. The van der Waals surface area contributed by atoms with E-state index in [9.17, 15) is 14.7 Å². The molecule has 5 nitrogen and oxygen atoms in total. The van der Waals surface area contributed by atoms with E-state index < -0.39 is 23.5 Å². The standard InChI is InChI=1S/C13H13NO4/c1-13-6-8(10(12(16)17)11(15)14-13)7-4-2-3-5-9(7)18-13/h2-5,8,10H,6H2,1H3,(H,14,15)(H,16,17)/t8-,10+,13-/m1/s1. The van der Waals surface area contributed by atoms with Gasteiger partial charge in [-0.15, -0.1) is 0 Å². The second-order valence-corrected chi connectivity index (χ2v) is 4.99. The summed E-state index contributed by atoms with van der Waals surface area (Å²) >= 11 is 0. The Morgan fingerprint density at radius 1 is 1.50 bits per heavy atom. The van der Waals surface area contributed by atoms with Crippen molar-refractivity contribution in [1.29, 1.82) is 0 Å². The second-order valence-electron chi connectivity index (χ2n) is 4.99. The highest BCUT2D eigenvalue weighted by Crippen LogP contribution is 2.46. The van der Waals surface area contributed by atoms with Gasteiger partial charge in [0.1, 0.15) is 11.7 Å². The minimum atomic E-state index is -1.09. The number of carbonyl (C=O) groups is 2. The number of carboxylic acids is 1. The zero-order valence-electron chi connectivity index (χ0n) is 9.84. The zero-order valence-corrected chi connectivity index (χ0v) is 9.84. The number of nitrogens with one attached hydrogen (secondary N) is 1. The molecule has 3 rings (SSSR count). The van der Waals surface area contributed by atoms with E-state index >= 15 is 0 Å². The van der Waals surface area contributed by atoms with E-state index in [-0.39, 0.29) is 5.92 Å². The number of ether oxygens (including phenoxy) is 1. The molecular formula is C13H13NO4. The molecule has 1 amide bonds. The minimum Gasteiger partial charge on any atom is -0.481 e. The highest BCUT2D eigenvalue weighted by Gasteiger charge is 2.51. The van der Waals surface area contributed by atoms with Crippen LogP contribution in [0.2, 0.25) is 0 Å². The molecule has 1 aromatic carbocycles. The van der Waals surface area contributed by atoms with Gasteiger partial charge < -0.3 is 15.2 Å². The van der Waals surface area contributed by atoms with Gasteiger partial charge in [-0.25, -0.2) is 0 Å². The van der Waals surface area contributed by atoms with Gasteiger partial charge in [0.25, 0.3) is 0 Å². The molecule has 2 heterocycles.